The number of carbonyl (C=O) groups excluding carboxylic acids is 1. The Balaban J connectivity index is 3.35. The summed E-state index contributed by atoms with van der Waals surface area (Å²) in [6.07, 6.45) is 1.46. The number of nitrogens with zero attached hydrogens (tertiary/aromatic N) is 1. The number of sulfonamides is 1. The SMILES string of the molecule is CCCCN(CC(N)=O)S(=O)(=O)c1c(N)ccc(C)c1C. The second-order valence-corrected chi connectivity index (χ2v) is 6.96. The summed E-state index contributed by atoms with van der Waals surface area (Å²) < 4.78 is 26.7. The number of aryl methyl sites for hydroxylation is 1. The summed E-state index contributed by atoms with van der Waals surface area (Å²) in [6, 6.07) is 3.34. The van der Waals surface area contributed by atoms with Crippen molar-refractivity contribution in [2.75, 3.05) is 18.8 Å². The lowest BCUT2D eigenvalue weighted by atomic mass is 10.1. The normalized spacial score (nSPS) is 11.8. The fourth-order valence-corrected chi connectivity index (χ4v) is 3.91. The van der Waals surface area contributed by atoms with Crippen molar-refractivity contribution in [3.05, 3.63) is 23.3 Å². The first kappa shape index (κ1) is 17.5. The van der Waals surface area contributed by atoms with Gasteiger partial charge in [-0.15, -0.1) is 0 Å². The van der Waals surface area contributed by atoms with E-state index in [1.54, 1.807) is 19.1 Å². The van der Waals surface area contributed by atoms with Gasteiger partial charge in [0.15, 0.2) is 0 Å². The Hall–Kier alpha value is -1.60. The third-order valence-electron chi connectivity index (χ3n) is 3.40. The number of benzene rings is 1. The van der Waals surface area contributed by atoms with E-state index in [9.17, 15) is 13.2 Å². The largest absolute Gasteiger partial charge is 0.398 e. The highest BCUT2D eigenvalue weighted by molar-refractivity contribution is 7.89. The molecular weight excluding hydrogens is 290 g/mol. The van der Waals surface area contributed by atoms with E-state index in [-0.39, 0.29) is 23.7 Å². The van der Waals surface area contributed by atoms with Crippen LogP contribution in [-0.2, 0) is 14.8 Å². The second kappa shape index (κ2) is 6.91. The summed E-state index contributed by atoms with van der Waals surface area (Å²) in [4.78, 5) is 11.2. The minimum Gasteiger partial charge on any atom is -0.398 e. The second-order valence-electron chi connectivity index (χ2n) is 5.08. The fraction of sp³-hybridized carbons (Fsp3) is 0.500. The van der Waals surface area contributed by atoms with Gasteiger partial charge in [0.1, 0.15) is 4.90 Å². The van der Waals surface area contributed by atoms with Crippen LogP contribution in [0.15, 0.2) is 17.0 Å². The van der Waals surface area contributed by atoms with Crippen LogP contribution in [0.4, 0.5) is 5.69 Å². The Morgan fingerprint density at radius 2 is 1.90 bits per heavy atom. The molecule has 21 heavy (non-hydrogen) atoms. The smallest absolute Gasteiger partial charge is 0.245 e. The molecule has 0 radical (unpaired) electrons. The van der Waals surface area contributed by atoms with E-state index in [2.05, 4.69) is 0 Å². The molecule has 0 spiro atoms. The highest BCUT2D eigenvalue weighted by Crippen LogP contribution is 2.28. The predicted octanol–water partition coefficient (Wildman–Crippen LogP) is 1.16. The molecule has 0 bridgehead atoms. The monoisotopic (exact) mass is 313 g/mol. The Labute approximate surface area is 126 Å². The van der Waals surface area contributed by atoms with E-state index in [4.69, 9.17) is 11.5 Å². The zero-order valence-corrected chi connectivity index (χ0v) is 13.5. The fourth-order valence-electron chi connectivity index (χ4n) is 2.08. The third-order valence-corrected chi connectivity index (χ3v) is 5.45. The number of primary amides is 1. The Morgan fingerprint density at radius 3 is 2.43 bits per heavy atom. The van der Waals surface area contributed by atoms with Gasteiger partial charge < -0.3 is 11.5 Å². The van der Waals surface area contributed by atoms with Crippen molar-refractivity contribution in [1.82, 2.24) is 4.31 Å². The number of hydrogen-bond donors (Lipinski definition) is 2. The van der Waals surface area contributed by atoms with E-state index in [1.165, 1.54) is 0 Å². The molecule has 0 aromatic heterocycles. The molecule has 118 valence electrons. The predicted molar refractivity (Wildman–Crippen MR) is 83.2 cm³/mol. The van der Waals surface area contributed by atoms with Gasteiger partial charge in [0.25, 0.3) is 0 Å². The summed E-state index contributed by atoms with van der Waals surface area (Å²) in [5.41, 5.74) is 12.6. The number of carbonyl (C=O) groups is 1. The van der Waals surface area contributed by atoms with Crippen LogP contribution in [0, 0.1) is 13.8 Å². The maximum absolute atomic E-state index is 12.8. The first-order chi connectivity index (χ1) is 9.71. The van der Waals surface area contributed by atoms with Crippen molar-refractivity contribution in [2.24, 2.45) is 5.73 Å². The van der Waals surface area contributed by atoms with Crippen LogP contribution in [0.2, 0.25) is 0 Å². The van der Waals surface area contributed by atoms with Gasteiger partial charge in [-0.2, -0.15) is 4.31 Å². The molecule has 1 aromatic carbocycles. The highest BCUT2D eigenvalue weighted by atomic mass is 32.2. The van der Waals surface area contributed by atoms with Crippen molar-refractivity contribution < 1.29 is 13.2 Å². The molecule has 7 heteroatoms. The third kappa shape index (κ3) is 3.95. The quantitative estimate of drug-likeness (QED) is 0.737. The molecule has 0 atom stereocenters. The number of unbranched alkanes of at least 4 members (excludes halogenated alkanes) is 1. The molecule has 0 aliphatic carbocycles. The van der Waals surface area contributed by atoms with Crippen LogP contribution < -0.4 is 11.5 Å². The number of rotatable bonds is 7. The van der Waals surface area contributed by atoms with Crippen molar-refractivity contribution in [3.63, 3.8) is 0 Å². The molecular formula is C14H23N3O3S. The molecule has 1 amide bonds. The summed E-state index contributed by atoms with van der Waals surface area (Å²) in [7, 11) is -3.84. The van der Waals surface area contributed by atoms with E-state index >= 15 is 0 Å². The van der Waals surface area contributed by atoms with Crippen LogP contribution in [-0.4, -0.2) is 31.7 Å². The van der Waals surface area contributed by atoms with Gasteiger partial charge in [0.2, 0.25) is 15.9 Å². The molecule has 0 saturated carbocycles. The molecule has 1 aromatic rings. The lowest BCUT2D eigenvalue weighted by Crippen LogP contribution is -2.39. The average Bonchev–Trinajstić information content (AvgIpc) is 2.38. The van der Waals surface area contributed by atoms with Gasteiger partial charge in [-0.1, -0.05) is 19.4 Å². The summed E-state index contributed by atoms with van der Waals surface area (Å²) in [5.74, 6) is -0.682. The van der Waals surface area contributed by atoms with E-state index in [1.807, 2.05) is 13.8 Å². The van der Waals surface area contributed by atoms with Gasteiger partial charge in [-0.3, -0.25) is 4.79 Å². The molecule has 6 nitrogen and oxygen atoms in total. The molecule has 1 rings (SSSR count). The number of nitrogen functional groups attached to an aromatic ring is 1. The highest BCUT2D eigenvalue weighted by Gasteiger charge is 2.29. The Kier molecular flexibility index (Phi) is 5.74. The van der Waals surface area contributed by atoms with Crippen LogP contribution in [0.3, 0.4) is 0 Å². The van der Waals surface area contributed by atoms with Crippen LogP contribution in [0.5, 0.6) is 0 Å². The van der Waals surface area contributed by atoms with Crippen molar-refractivity contribution >= 4 is 21.6 Å². The van der Waals surface area contributed by atoms with Crippen LogP contribution in [0.25, 0.3) is 0 Å². The Morgan fingerprint density at radius 1 is 1.29 bits per heavy atom. The first-order valence-corrected chi connectivity index (χ1v) is 8.30. The number of amides is 1. The van der Waals surface area contributed by atoms with Crippen LogP contribution in [0.1, 0.15) is 30.9 Å². The standard InChI is InChI=1S/C14H23N3O3S/c1-4-5-8-17(9-13(16)18)21(19,20)14-11(3)10(2)6-7-12(14)15/h6-7H,4-5,8-9,15H2,1-3H3,(H2,16,18). The average molecular weight is 313 g/mol. The molecule has 0 aliphatic heterocycles. The van der Waals surface area contributed by atoms with E-state index < -0.39 is 15.9 Å². The van der Waals surface area contributed by atoms with Gasteiger partial charge in [0, 0.05) is 6.54 Å². The topological polar surface area (TPSA) is 106 Å². The van der Waals surface area contributed by atoms with Gasteiger partial charge in [0.05, 0.1) is 12.2 Å². The van der Waals surface area contributed by atoms with Crippen molar-refractivity contribution in [3.8, 4) is 0 Å². The minimum atomic E-state index is -3.84. The zero-order valence-electron chi connectivity index (χ0n) is 12.7. The summed E-state index contributed by atoms with van der Waals surface area (Å²) in [6.45, 7) is 5.38. The minimum absolute atomic E-state index is 0.0693. The maximum Gasteiger partial charge on any atom is 0.245 e. The Bertz CT molecular complexity index is 627. The number of anilines is 1. The lowest BCUT2D eigenvalue weighted by molar-refractivity contribution is -0.118. The van der Waals surface area contributed by atoms with Crippen LogP contribution >= 0.6 is 0 Å². The summed E-state index contributed by atoms with van der Waals surface area (Å²) in [5, 5.41) is 0. The van der Waals surface area contributed by atoms with Gasteiger partial charge in [-0.05, 0) is 37.5 Å². The van der Waals surface area contributed by atoms with Gasteiger partial charge in [-0.25, -0.2) is 8.42 Å². The molecule has 0 saturated heterocycles. The summed E-state index contributed by atoms with van der Waals surface area (Å²) >= 11 is 0. The molecule has 4 N–H and O–H groups in total. The number of hydrogen-bond acceptors (Lipinski definition) is 4. The molecule has 0 aliphatic rings. The molecule has 0 unspecified atom stereocenters. The molecule has 0 fully saturated rings. The van der Waals surface area contributed by atoms with Crippen molar-refractivity contribution in [1.29, 1.82) is 0 Å². The first-order valence-electron chi connectivity index (χ1n) is 6.86. The molecule has 0 heterocycles. The van der Waals surface area contributed by atoms with E-state index in [0.29, 0.717) is 12.0 Å². The number of nitrogens with two attached hydrogens (primary N) is 2. The van der Waals surface area contributed by atoms with E-state index in [0.717, 1.165) is 16.3 Å². The maximum atomic E-state index is 12.8. The lowest BCUT2D eigenvalue weighted by Gasteiger charge is -2.23. The zero-order chi connectivity index (χ0) is 16.2. The van der Waals surface area contributed by atoms with Gasteiger partial charge >= 0.3 is 0 Å². The van der Waals surface area contributed by atoms with Crippen molar-refractivity contribution in [2.45, 2.75) is 38.5 Å².